The second-order valence-electron chi connectivity index (χ2n) is 8.98. The van der Waals surface area contributed by atoms with Gasteiger partial charge in [-0.25, -0.2) is 0 Å². The molecule has 0 saturated carbocycles. The normalized spacial score (nSPS) is 14.5. The monoisotopic (exact) mass is 497 g/mol. The molecule has 0 fully saturated rings. The number of hydrogen-bond acceptors (Lipinski definition) is 5. The van der Waals surface area contributed by atoms with E-state index in [4.69, 9.17) is 14.2 Å². The molecule has 1 N–H and O–H groups in total. The maximum Gasteiger partial charge on any atom is 0.273 e. The van der Waals surface area contributed by atoms with E-state index >= 15 is 0 Å². The molecule has 2 heterocycles. The largest absolute Gasteiger partial charge is 0.497 e. The molecule has 0 aliphatic carbocycles. The van der Waals surface area contributed by atoms with E-state index in [-0.39, 0.29) is 11.9 Å². The van der Waals surface area contributed by atoms with Crippen molar-refractivity contribution in [2.24, 2.45) is 0 Å². The molecule has 37 heavy (non-hydrogen) atoms. The fourth-order valence-electron chi connectivity index (χ4n) is 4.80. The van der Waals surface area contributed by atoms with Gasteiger partial charge in [-0.1, -0.05) is 35.9 Å². The first-order valence-corrected chi connectivity index (χ1v) is 12.5. The van der Waals surface area contributed by atoms with Gasteiger partial charge in [0.05, 0.1) is 32.1 Å². The molecular weight excluding hydrogens is 466 g/mol. The van der Waals surface area contributed by atoms with Gasteiger partial charge < -0.3 is 19.1 Å². The Morgan fingerprint density at radius 2 is 1.62 bits per heavy atom. The lowest BCUT2D eigenvalue weighted by atomic mass is 9.95. The zero-order chi connectivity index (χ0) is 25.9. The SMILES string of the molecule is CCOc1ccc(C2c3c(-c4ccc(OC)cc4)n[nH]c3C(=O)N2Cc2ccc(C)cc2)cc1OCC. The van der Waals surface area contributed by atoms with Gasteiger partial charge in [-0.05, 0) is 68.3 Å². The number of hydrogen-bond donors (Lipinski definition) is 1. The van der Waals surface area contributed by atoms with Crippen molar-refractivity contribution in [3.63, 3.8) is 0 Å². The summed E-state index contributed by atoms with van der Waals surface area (Å²) in [6.07, 6.45) is 0. The van der Waals surface area contributed by atoms with Gasteiger partial charge in [-0.3, -0.25) is 9.89 Å². The minimum Gasteiger partial charge on any atom is -0.497 e. The second kappa shape index (κ2) is 10.4. The summed E-state index contributed by atoms with van der Waals surface area (Å²) < 4.78 is 17.1. The number of amides is 1. The molecule has 1 unspecified atom stereocenters. The van der Waals surface area contributed by atoms with Crippen LogP contribution in [0.4, 0.5) is 0 Å². The van der Waals surface area contributed by atoms with Crippen LogP contribution in [0.15, 0.2) is 66.7 Å². The standard InChI is InChI=1S/C30H31N3O4/c1-5-36-24-16-13-22(17-25(24)37-6-2)29-26-27(21-11-14-23(35-4)15-12-21)31-32-28(26)30(34)33(29)18-20-9-7-19(3)8-10-20/h7-17,29H,5-6,18H2,1-4H3,(H,31,32). The molecule has 0 radical (unpaired) electrons. The van der Waals surface area contributed by atoms with Gasteiger partial charge in [0.2, 0.25) is 0 Å². The zero-order valence-corrected chi connectivity index (χ0v) is 21.6. The number of ether oxygens (including phenoxy) is 3. The van der Waals surface area contributed by atoms with Gasteiger partial charge in [-0.2, -0.15) is 5.10 Å². The lowest BCUT2D eigenvalue weighted by Gasteiger charge is -2.27. The molecule has 1 aromatic heterocycles. The van der Waals surface area contributed by atoms with E-state index in [2.05, 4.69) is 41.4 Å². The Balaban J connectivity index is 1.63. The Morgan fingerprint density at radius 1 is 0.919 bits per heavy atom. The van der Waals surface area contributed by atoms with Gasteiger partial charge in [0, 0.05) is 17.7 Å². The molecule has 0 bridgehead atoms. The number of fused-ring (bicyclic) bond motifs is 1. The number of H-pyrrole nitrogens is 1. The van der Waals surface area contributed by atoms with Crippen LogP contribution >= 0.6 is 0 Å². The van der Waals surface area contributed by atoms with Crippen LogP contribution in [0.25, 0.3) is 11.3 Å². The summed E-state index contributed by atoms with van der Waals surface area (Å²) in [6, 6.07) is 21.5. The van der Waals surface area contributed by atoms with Crippen molar-refractivity contribution >= 4 is 5.91 Å². The highest BCUT2D eigenvalue weighted by atomic mass is 16.5. The number of aromatic amines is 1. The highest BCUT2D eigenvalue weighted by Gasteiger charge is 2.42. The Kier molecular flexibility index (Phi) is 6.86. The fourth-order valence-corrected chi connectivity index (χ4v) is 4.80. The number of methoxy groups -OCH3 is 1. The van der Waals surface area contributed by atoms with E-state index in [1.165, 1.54) is 5.56 Å². The van der Waals surface area contributed by atoms with Crippen LogP contribution in [0.1, 0.15) is 52.6 Å². The molecule has 1 aliphatic rings. The average molecular weight is 498 g/mol. The number of benzene rings is 3. The number of carbonyl (C=O) groups is 1. The summed E-state index contributed by atoms with van der Waals surface area (Å²) in [5.74, 6) is 2.02. The lowest BCUT2D eigenvalue weighted by molar-refractivity contribution is 0.0729. The molecule has 1 atom stereocenters. The van der Waals surface area contributed by atoms with E-state index in [0.717, 1.165) is 33.7 Å². The zero-order valence-electron chi connectivity index (χ0n) is 21.6. The van der Waals surface area contributed by atoms with Gasteiger partial charge >= 0.3 is 0 Å². The Hall–Kier alpha value is -4.26. The van der Waals surface area contributed by atoms with Crippen molar-refractivity contribution in [1.82, 2.24) is 15.1 Å². The predicted octanol–water partition coefficient (Wildman–Crippen LogP) is 5.94. The molecule has 0 spiro atoms. The molecule has 190 valence electrons. The maximum absolute atomic E-state index is 13.8. The first-order valence-electron chi connectivity index (χ1n) is 12.5. The first kappa shape index (κ1) is 24.4. The van der Waals surface area contributed by atoms with Crippen molar-refractivity contribution in [2.75, 3.05) is 20.3 Å². The van der Waals surface area contributed by atoms with Crippen LogP contribution < -0.4 is 14.2 Å². The quantitative estimate of drug-likeness (QED) is 0.310. The number of aromatic nitrogens is 2. The van der Waals surface area contributed by atoms with Crippen molar-refractivity contribution in [3.8, 4) is 28.5 Å². The second-order valence-corrected chi connectivity index (χ2v) is 8.98. The summed E-state index contributed by atoms with van der Waals surface area (Å²) in [6.45, 7) is 7.46. The first-order chi connectivity index (χ1) is 18.0. The Labute approximate surface area is 217 Å². The Bertz CT molecular complexity index is 1390. The van der Waals surface area contributed by atoms with Crippen molar-refractivity contribution in [1.29, 1.82) is 0 Å². The molecule has 7 heteroatoms. The molecule has 1 amide bonds. The highest BCUT2D eigenvalue weighted by Crippen LogP contribution is 2.45. The van der Waals surface area contributed by atoms with E-state index in [9.17, 15) is 4.79 Å². The van der Waals surface area contributed by atoms with Crippen LogP contribution in [0.3, 0.4) is 0 Å². The van der Waals surface area contributed by atoms with E-state index in [1.807, 2.05) is 61.2 Å². The third-order valence-electron chi connectivity index (χ3n) is 6.58. The van der Waals surface area contributed by atoms with E-state index < -0.39 is 0 Å². The van der Waals surface area contributed by atoms with Crippen LogP contribution in [-0.4, -0.2) is 41.3 Å². The number of nitrogens with one attached hydrogen (secondary N) is 1. The summed E-state index contributed by atoms with van der Waals surface area (Å²) in [4.78, 5) is 15.7. The van der Waals surface area contributed by atoms with E-state index in [1.54, 1.807) is 7.11 Å². The minimum absolute atomic E-state index is 0.0836. The topological polar surface area (TPSA) is 76.7 Å². The fraction of sp³-hybridized carbons (Fsp3) is 0.267. The molecule has 5 rings (SSSR count). The van der Waals surface area contributed by atoms with Crippen LogP contribution in [-0.2, 0) is 6.54 Å². The third-order valence-corrected chi connectivity index (χ3v) is 6.58. The van der Waals surface area contributed by atoms with Gasteiger partial charge in [0.15, 0.2) is 11.5 Å². The predicted molar refractivity (Wildman–Crippen MR) is 142 cm³/mol. The lowest BCUT2D eigenvalue weighted by Crippen LogP contribution is -2.29. The smallest absolute Gasteiger partial charge is 0.273 e. The molecule has 7 nitrogen and oxygen atoms in total. The third kappa shape index (κ3) is 4.65. The molecule has 3 aromatic carbocycles. The maximum atomic E-state index is 13.8. The summed E-state index contributed by atoms with van der Waals surface area (Å²) in [5.41, 5.74) is 6.19. The number of rotatable bonds is 9. The van der Waals surface area contributed by atoms with Crippen molar-refractivity contribution in [3.05, 3.63) is 94.7 Å². The molecule has 0 saturated heterocycles. The molecular formula is C30H31N3O4. The minimum atomic E-state index is -0.352. The highest BCUT2D eigenvalue weighted by molar-refractivity contribution is 6.00. The van der Waals surface area contributed by atoms with Gasteiger partial charge in [0.1, 0.15) is 11.4 Å². The van der Waals surface area contributed by atoms with Gasteiger partial charge in [0.25, 0.3) is 5.91 Å². The number of aryl methyl sites for hydroxylation is 1. The number of carbonyl (C=O) groups excluding carboxylic acids is 1. The Morgan fingerprint density at radius 3 is 2.30 bits per heavy atom. The van der Waals surface area contributed by atoms with Gasteiger partial charge in [-0.15, -0.1) is 0 Å². The van der Waals surface area contributed by atoms with Crippen molar-refractivity contribution < 1.29 is 19.0 Å². The van der Waals surface area contributed by atoms with Crippen LogP contribution in [0.5, 0.6) is 17.2 Å². The van der Waals surface area contributed by atoms with Crippen molar-refractivity contribution in [2.45, 2.75) is 33.4 Å². The van der Waals surface area contributed by atoms with Crippen LogP contribution in [0, 0.1) is 6.92 Å². The summed E-state index contributed by atoms with van der Waals surface area (Å²) in [7, 11) is 1.64. The van der Waals surface area contributed by atoms with E-state index in [0.29, 0.717) is 37.0 Å². The molecule has 4 aromatic rings. The van der Waals surface area contributed by atoms with Crippen LogP contribution in [0.2, 0.25) is 0 Å². The summed E-state index contributed by atoms with van der Waals surface area (Å²) in [5, 5.41) is 7.61. The average Bonchev–Trinajstić information content (AvgIpc) is 3.46. The number of nitrogens with zero attached hydrogens (tertiary/aromatic N) is 2. The summed E-state index contributed by atoms with van der Waals surface area (Å²) >= 11 is 0. The molecule has 1 aliphatic heterocycles.